The summed E-state index contributed by atoms with van der Waals surface area (Å²) in [6, 6.07) is 0.270. The van der Waals surface area contributed by atoms with Crippen molar-refractivity contribution >= 4 is 5.97 Å². The van der Waals surface area contributed by atoms with E-state index >= 15 is 0 Å². The summed E-state index contributed by atoms with van der Waals surface area (Å²) in [6.45, 7) is 5.02. The molecule has 1 atom stereocenters. The van der Waals surface area contributed by atoms with E-state index in [0.29, 0.717) is 12.1 Å². The Balaban J connectivity index is 2.28. The van der Waals surface area contributed by atoms with Crippen LogP contribution >= 0.6 is 0 Å². The molecule has 2 N–H and O–H groups in total. The highest BCUT2D eigenvalue weighted by Gasteiger charge is 2.02. The lowest BCUT2D eigenvalue weighted by molar-refractivity contribution is -0.132. The molecule has 0 fully saturated rings. The molecule has 1 rings (SSSR count). The van der Waals surface area contributed by atoms with Gasteiger partial charge in [0.1, 0.15) is 0 Å². The molecule has 0 aliphatic rings. The number of hydrogen-bond acceptors (Lipinski definition) is 3. The number of aliphatic carboxylic acids is 1. The van der Waals surface area contributed by atoms with Crippen molar-refractivity contribution in [2.24, 2.45) is 0 Å². The highest BCUT2D eigenvalue weighted by atomic mass is 16.4. The van der Waals surface area contributed by atoms with Crippen LogP contribution in [0, 0.1) is 0 Å². The topological polar surface area (TPSA) is 67.2 Å². The van der Waals surface area contributed by atoms with Gasteiger partial charge >= 0.3 is 5.97 Å². The molecule has 0 radical (unpaired) electrons. The maximum atomic E-state index is 10.5. The first-order valence-electron chi connectivity index (χ1n) is 5.18. The smallest absolute Gasteiger partial charge is 0.330 e. The van der Waals surface area contributed by atoms with Crippen molar-refractivity contribution in [2.75, 3.05) is 6.54 Å². The van der Waals surface area contributed by atoms with Crippen LogP contribution in [-0.4, -0.2) is 33.2 Å². The Hall–Kier alpha value is -1.62. The fourth-order valence-corrected chi connectivity index (χ4v) is 1.28. The minimum atomic E-state index is -0.871. The van der Waals surface area contributed by atoms with Gasteiger partial charge in [0.25, 0.3) is 0 Å². The van der Waals surface area contributed by atoms with Crippen molar-refractivity contribution in [1.29, 1.82) is 0 Å². The van der Waals surface area contributed by atoms with Crippen LogP contribution in [0.4, 0.5) is 0 Å². The van der Waals surface area contributed by atoms with Crippen LogP contribution in [0.25, 0.3) is 0 Å². The van der Waals surface area contributed by atoms with Gasteiger partial charge in [0, 0.05) is 37.1 Å². The minimum absolute atomic E-state index is 0.270. The molecular formula is C11H17N3O2. The van der Waals surface area contributed by atoms with Crippen LogP contribution in [-0.2, 0) is 11.3 Å². The predicted octanol–water partition coefficient (Wildman–Crippen LogP) is 0.892. The van der Waals surface area contributed by atoms with Crippen molar-refractivity contribution in [1.82, 2.24) is 14.9 Å². The van der Waals surface area contributed by atoms with E-state index in [-0.39, 0.29) is 6.04 Å². The SMILES string of the molecule is C/C(=C/CNC(C)Cn1ccnc1)C(=O)O. The fraction of sp³-hybridized carbons (Fsp3) is 0.455. The predicted molar refractivity (Wildman–Crippen MR) is 61.1 cm³/mol. The zero-order chi connectivity index (χ0) is 12.0. The number of carboxylic acid groups (broad SMARTS) is 1. The third kappa shape index (κ3) is 4.27. The highest BCUT2D eigenvalue weighted by molar-refractivity contribution is 5.85. The van der Waals surface area contributed by atoms with Crippen LogP contribution < -0.4 is 5.32 Å². The van der Waals surface area contributed by atoms with Gasteiger partial charge in [-0.3, -0.25) is 0 Å². The van der Waals surface area contributed by atoms with E-state index in [1.807, 2.05) is 17.7 Å². The van der Waals surface area contributed by atoms with Gasteiger partial charge in [0.2, 0.25) is 0 Å². The monoisotopic (exact) mass is 223 g/mol. The Bertz CT molecular complexity index is 357. The Morgan fingerprint density at radius 2 is 2.44 bits per heavy atom. The highest BCUT2D eigenvalue weighted by Crippen LogP contribution is 1.93. The van der Waals surface area contributed by atoms with Crippen molar-refractivity contribution in [3.05, 3.63) is 30.4 Å². The van der Waals surface area contributed by atoms with Gasteiger partial charge in [-0.1, -0.05) is 6.08 Å². The summed E-state index contributed by atoms with van der Waals surface area (Å²) in [5.41, 5.74) is 0.363. The molecule has 5 nitrogen and oxygen atoms in total. The second-order valence-electron chi connectivity index (χ2n) is 3.76. The molecule has 0 spiro atoms. The minimum Gasteiger partial charge on any atom is -0.478 e. The molecule has 1 heterocycles. The first-order chi connectivity index (χ1) is 7.59. The lowest BCUT2D eigenvalue weighted by Crippen LogP contribution is -2.30. The van der Waals surface area contributed by atoms with E-state index in [2.05, 4.69) is 10.3 Å². The first kappa shape index (κ1) is 12.4. The second kappa shape index (κ2) is 6.07. The van der Waals surface area contributed by atoms with E-state index in [1.165, 1.54) is 0 Å². The second-order valence-corrected chi connectivity index (χ2v) is 3.76. The summed E-state index contributed by atoms with van der Waals surface area (Å²) in [7, 11) is 0. The van der Waals surface area contributed by atoms with Crippen molar-refractivity contribution < 1.29 is 9.90 Å². The Morgan fingerprint density at radius 1 is 1.69 bits per heavy atom. The molecule has 0 aliphatic heterocycles. The molecule has 0 saturated heterocycles. The van der Waals surface area contributed by atoms with E-state index in [0.717, 1.165) is 6.54 Å². The fourth-order valence-electron chi connectivity index (χ4n) is 1.28. The zero-order valence-electron chi connectivity index (χ0n) is 9.55. The Kier molecular flexibility index (Phi) is 4.72. The zero-order valence-corrected chi connectivity index (χ0v) is 9.55. The maximum absolute atomic E-state index is 10.5. The number of hydrogen-bond donors (Lipinski definition) is 2. The number of rotatable bonds is 6. The van der Waals surface area contributed by atoms with Gasteiger partial charge < -0.3 is 15.0 Å². The lowest BCUT2D eigenvalue weighted by Gasteiger charge is -2.12. The summed E-state index contributed by atoms with van der Waals surface area (Å²) in [5.74, 6) is -0.871. The van der Waals surface area contributed by atoms with Crippen molar-refractivity contribution in [2.45, 2.75) is 26.4 Å². The molecular weight excluding hydrogens is 206 g/mol. The van der Waals surface area contributed by atoms with Gasteiger partial charge in [-0.05, 0) is 13.8 Å². The number of carbonyl (C=O) groups is 1. The van der Waals surface area contributed by atoms with Crippen LogP contribution in [0.5, 0.6) is 0 Å². The standard InChI is InChI=1S/C11H17N3O2/c1-9(11(15)16)3-4-13-10(2)7-14-6-5-12-8-14/h3,5-6,8,10,13H,4,7H2,1-2H3,(H,15,16)/b9-3-. The summed E-state index contributed by atoms with van der Waals surface area (Å²) >= 11 is 0. The summed E-state index contributed by atoms with van der Waals surface area (Å²) in [4.78, 5) is 14.5. The van der Waals surface area contributed by atoms with Gasteiger partial charge in [-0.25, -0.2) is 9.78 Å². The van der Waals surface area contributed by atoms with Gasteiger partial charge in [0.15, 0.2) is 0 Å². The van der Waals surface area contributed by atoms with Crippen molar-refractivity contribution in [3.8, 4) is 0 Å². The molecule has 1 aromatic rings. The Labute approximate surface area is 94.8 Å². The number of imidazole rings is 1. The molecule has 5 heteroatoms. The van der Waals surface area contributed by atoms with E-state index in [4.69, 9.17) is 5.11 Å². The third-order valence-corrected chi connectivity index (χ3v) is 2.26. The largest absolute Gasteiger partial charge is 0.478 e. The van der Waals surface area contributed by atoms with Gasteiger partial charge in [-0.2, -0.15) is 0 Å². The number of nitrogens with one attached hydrogen (secondary N) is 1. The molecule has 0 amide bonds. The average molecular weight is 223 g/mol. The maximum Gasteiger partial charge on any atom is 0.330 e. The normalized spacial score (nSPS) is 13.8. The molecule has 88 valence electrons. The first-order valence-corrected chi connectivity index (χ1v) is 5.18. The molecule has 0 aromatic carbocycles. The third-order valence-electron chi connectivity index (χ3n) is 2.26. The number of carboxylic acids is 1. The summed E-state index contributed by atoms with van der Waals surface area (Å²) < 4.78 is 1.98. The molecule has 1 aromatic heterocycles. The van der Waals surface area contributed by atoms with Crippen molar-refractivity contribution in [3.63, 3.8) is 0 Å². The quantitative estimate of drug-likeness (QED) is 0.703. The molecule has 0 aliphatic carbocycles. The van der Waals surface area contributed by atoms with Crippen LogP contribution in [0.2, 0.25) is 0 Å². The van der Waals surface area contributed by atoms with Crippen LogP contribution in [0.1, 0.15) is 13.8 Å². The molecule has 16 heavy (non-hydrogen) atoms. The van der Waals surface area contributed by atoms with E-state index in [9.17, 15) is 4.79 Å². The lowest BCUT2D eigenvalue weighted by atomic mass is 10.2. The van der Waals surface area contributed by atoms with Gasteiger partial charge in [0.05, 0.1) is 6.33 Å². The van der Waals surface area contributed by atoms with Crippen LogP contribution in [0.3, 0.4) is 0 Å². The average Bonchev–Trinajstić information content (AvgIpc) is 2.70. The summed E-state index contributed by atoms with van der Waals surface area (Å²) in [6.07, 6.45) is 7.07. The van der Waals surface area contributed by atoms with E-state index < -0.39 is 5.97 Å². The van der Waals surface area contributed by atoms with Gasteiger partial charge in [-0.15, -0.1) is 0 Å². The molecule has 0 bridgehead atoms. The number of aromatic nitrogens is 2. The Morgan fingerprint density at radius 3 is 3.00 bits per heavy atom. The van der Waals surface area contributed by atoms with E-state index in [1.54, 1.807) is 25.5 Å². The molecule has 0 saturated carbocycles. The molecule has 1 unspecified atom stereocenters. The number of nitrogens with zero attached hydrogens (tertiary/aromatic N) is 2. The summed E-state index contributed by atoms with van der Waals surface area (Å²) in [5, 5.41) is 11.9. The van der Waals surface area contributed by atoms with Crippen LogP contribution in [0.15, 0.2) is 30.4 Å².